The predicted octanol–water partition coefficient (Wildman–Crippen LogP) is 2.06. The monoisotopic (exact) mass is 274 g/mol. The molecule has 0 unspecified atom stereocenters. The standard InChI is InChI=1S/C9H7ClN2O2S2/c10-16(13,14)9-8(11-15-12-9)6-7-4-2-1-3-5-7/h1-5H,6H2. The van der Waals surface area contributed by atoms with Gasteiger partial charge in [-0.05, 0) is 5.56 Å². The van der Waals surface area contributed by atoms with Gasteiger partial charge in [-0.3, -0.25) is 0 Å². The van der Waals surface area contributed by atoms with Crippen molar-refractivity contribution in [3.05, 3.63) is 41.6 Å². The summed E-state index contributed by atoms with van der Waals surface area (Å²) in [5.41, 5.74) is 1.36. The van der Waals surface area contributed by atoms with Crippen LogP contribution >= 0.6 is 22.4 Å². The molecule has 0 saturated carbocycles. The number of nitrogens with zero attached hydrogens (tertiary/aromatic N) is 2. The van der Waals surface area contributed by atoms with E-state index in [-0.39, 0.29) is 5.03 Å². The van der Waals surface area contributed by atoms with E-state index in [0.29, 0.717) is 12.1 Å². The number of benzene rings is 1. The van der Waals surface area contributed by atoms with Crippen molar-refractivity contribution < 1.29 is 8.42 Å². The van der Waals surface area contributed by atoms with Gasteiger partial charge in [0.05, 0.1) is 17.4 Å². The van der Waals surface area contributed by atoms with Gasteiger partial charge in [-0.2, -0.15) is 8.75 Å². The molecule has 1 heterocycles. The molecule has 2 rings (SSSR count). The maximum Gasteiger partial charge on any atom is 0.281 e. The van der Waals surface area contributed by atoms with Crippen LogP contribution in [-0.2, 0) is 15.5 Å². The van der Waals surface area contributed by atoms with Gasteiger partial charge >= 0.3 is 0 Å². The van der Waals surface area contributed by atoms with Gasteiger partial charge in [0.25, 0.3) is 9.05 Å². The normalized spacial score (nSPS) is 11.6. The highest BCUT2D eigenvalue weighted by atomic mass is 35.7. The Hall–Kier alpha value is -0.980. The van der Waals surface area contributed by atoms with E-state index in [1.165, 1.54) is 0 Å². The van der Waals surface area contributed by atoms with Crippen molar-refractivity contribution in [2.24, 2.45) is 0 Å². The predicted molar refractivity (Wildman–Crippen MR) is 62.2 cm³/mol. The number of hydrogen-bond acceptors (Lipinski definition) is 5. The average Bonchev–Trinajstić information content (AvgIpc) is 2.67. The first-order valence-electron chi connectivity index (χ1n) is 4.37. The molecule has 1 aromatic heterocycles. The summed E-state index contributed by atoms with van der Waals surface area (Å²) in [5, 5.41) is -0.136. The van der Waals surface area contributed by atoms with E-state index in [0.717, 1.165) is 17.3 Å². The minimum absolute atomic E-state index is 0.136. The Morgan fingerprint density at radius 3 is 2.50 bits per heavy atom. The number of rotatable bonds is 3. The molecule has 0 amide bonds. The van der Waals surface area contributed by atoms with Crippen molar-refractivity contribution in [3.63, 3.8) is 0 Å². The van der Waals surface area contributed by atoms with Crippen LogP contribution in [0.15, 0.2) is 35.4 Å². The number of halogens is 1. The summed E-state index contributed by atoms with van der Waals surface area (Å²) in [5.74, 6) is 0. The first-order valence-corrected chi connectivity index (χ1v) is 7.41. The zero-order valence-corrected chi connectivity index (χ0v) is 10.4. The molecule has 16 heavy (non-hydrogen) atoms. The van der Waals surface area contributed by atoms with Crippen LogP contribution in [0.4, 0.5) is 0 Å². The third kappa shape index (κ3) is 2.58. The third-order valence-corrected chi connectivity index (χ3v) is 3.88. The van der Waals surface area contributed by atoms with Gasteiger partial charge < -0.3 is 0 Å². The summed E-state index contributed by atoms with van der Waals surface area (Å²) in [6, 6.07) is 9.43. The summed E-state index contributed by atoms with van der Waals surface area (Å²) in [7, 11) is 1.45. The summed E-state index contributed by atoms with van der Waals surface area (Å²) in [6.45, 7) is 0. The maximum absolute atomic E-state index is 11.2. The SMILES string of the molecule is O=S(=O)(Cl)c1nsnc1Cc1ccccc1. The molecule has 0 aliphatic carbocycles. The second kappa shape index (κ2) is 4.48. The molecule has 0 fully saturated rings. The Balaban J connectivity index is 2.34. The molecule has 0 bridgehead atoms. The van der Waals surface area contributed by atoms with Crippen molar-refractivity contribution >= 4 is 31.5 Å². The molecular formula is C9H7ClN2O2S2. The Kier molecular flexibility index (Phi) is 3.22. The van der Waals surface area contributed by atoms with Gasteiger partial charge in [0.15, 0.2) is 0 Å². The van der Waals surface area contributed by atoms with E-state index in [1.54, 1.807) is 0 Å². The zero-order valence-electron chi connectivity index (χ0n) is 8.00. The van der Waals surface area contributed by atoms with E-state index in [2.05, 4.69) is 8.75 Å². The number of aromatic nitrogens is 2. The molecule has 0 aliphatic heterocycles. The van der Waals surface area contributed by atoms with Gasteiger partial charge in [-0.15, -0.1) is 0 Å². The van der Waals surface area contributed by atoms with Crippen molar-refractivity contribution in [1.82, 2.24) is 8.75 Å². The smallest absolute Gasteiger partial charge is 0.205 e. The Bertz CT molecular complexity index is 581. The van der Waals surface area contributed by atoms with Crippen LogP contribution in [0, 0.1) is 0 Å². The lowest BCUT2D eigenvalue weighted by molar-refractivity contribution is 0.606. The minimum atomic E-state index is -3.80. The molecule has 0 N–H and O–H groups in total. The molecule has 0 saturated heterocycles. The van der Waals surface area contributed by atoms with Gasteiger partial charge in [-0.1, -0.05) is 30.3 Å². The van der Waals surface area contributed by atoms with Crippen LogP contribution in [0.2, 0.25) is 0 Å². The van der Waals surface area contributed by atoms with Gasteiger partial charge in [0.1, 0.15) is 0 Å². The summed E-state index contributed by atoms with van der Waals surface area (Å²) in [4.78, 5) is 0. The number of hydrogen-bond donors (Lipinski definition) is 0. The van der Waals surface area contributed by atoms with Gasteiger partial charge in [0, 0.05) is 17.1 Å². The molecule has 4 nitrogen and oxygen atoms in total. The first kappa shape index (κ1) is 11.5. The van der Waals surface area contributed by atoms with Crippen molar-refractivity contribution in [1.29, 1.82) is 0 Å². The average molecular weight is 275 g/mol. The second-order valence-corrected chi connectivity index (χ2v) is 6.13. The van der Waals surface area contributed by atoms with Crippen LogP contribution in [0.1, 0.15) is 11.3 Å². The van der Waals surface area contributed by atoms with E-state index >= 15 is 0 Å². The molecule has 0 radical (unpaired) electrons. The Labute approximate surface area is 102 Å². The Morgan fingerprint density at radius 1 is 1.19 bits per heavy atom. The van der Waals surface area contributed by atoms with Crippen LogP contribution < -0.4 is 0 Å². The summed E-state index contributed by atoms with van der Waals surface area (Å²) < 4.78 is 30.0. The molecular weight excluding hydrogens is 268 g/mol. The van der Waals surface area contributed by atoms with Crippen LogP contribution in [0.5, 0.6) is 0 Å². The second-order valence-electron chi connectivity index (χ2n) is 3.12. The third-order valence-electron chi connectivity index (χ3n) is 1.97. The fraction of sp³-hybridized carbons (Fsp3) is 0.111. The van der Waals surface area contributed by atoms with E-state index < -0.39 is 9.05 Å². The first-order chi connectivity index (χ1) is 7.57. The van der Waals surface area contributed by atoms with Crippen molar-refractivity contribution in [2.45, 2.75) is 11.4 Å². The lowest BCUT2D eigenvalue weighted by Crippen LogP contribution is -1.98. The molecule has 0 atom stereocenters. The van der Waals surface area contributed by atoms with Gasteiger partial charge in [0.2, 0.25) is 5.03 Å². The quantitative estimate of drug-likeness (QED) is 0.804. The summed E-state index contributed by atoms with van der Waals surface area (Å²) in [6.07, 6.45) is 0.415. The lowest BCUT2D eigenvalue weighted by atomic mass is 10.1. The topological polar surface area (TPSA) is 59.9 Å². The molecule has 2 aromatic rings. The molecule has 7 heteroatoms. The minimum Gasteiger partial charge on any atom is -0.205 e. The van der Waals surface area contributed by atoms with Crippen molar-refractivity contribution in [2.75, 3.05) is 0 Å². The molecule has 0 spiro atoms. The van der Waals surface area contributed by atoms with Crippen LogP contribution in [-0.4, -0.2) is 17.2 Å². The summed E-state index contributed by atoms with van der Waals surface area (Å²) >= 11 is 0.849. The lowest BCUT2D eigenvalue weighted by Gasteiger charge is -1.98. The van der Waals surface area contributed by atoms with Crippen molar-refractivity contribution in [3.8, 4) is 0 Å². The maximum atomic E-state index is 11.2. The Morgan fingerprint density at radius 2 is 1.88 bits per heavy atom. The van der Waals surface area contributed by atoms with Crippen LogP contribution in [0.3, 0.4) is 0 Å². The van der Waals surface area contributed by atoms with Crippen LogP contribution in [0.25, 0.3) is 0 Å². The van der Waals surface area contributed by atoms with E-state index in [9.17, 15) is 8.42 Å². The fourth-order valence-electron chi connectivity index (χ4n) is 1.28. The highest BCUT2D eigenvalue weighted by molar-refractivity contribution is 8.13. The molecule has 0 aliphatic rings. The largest absolute Gasteiger partial charge is 0.281 e. The van der Waals surface area contributed by atoms with E-state index in [1.807, 2.05) is 30.3 Å². The van der Waals surface area contributed by atoms with E-state index in [4.69, 9.17) is 10.7 Å². The molecule has 84 valence electrons. The highest BCUT2D eigenvalue weighted by Gasteiger charge is 2.20. The zero-order chi connectivity index (χ0) is 11.6. The molecule has 1 aromatic carbocycles. The fourth-order valence-corrected chi connectivity index (χ4v) is 3.18. The highest BCUT2D eigenvalue weighted by Crippen LogP contribution is 2.20. The van der Waals surface area contributed by atoms with Gasteiger partial charge in [-0.25, -0.2) is 8.42 Å².